The number of hydrogen-bond acceptors (Lipinski definition) is 5. The Kier molecular flexibility index (Phi) is 5.88. The summed E-state index contributed by atoms with van der Waals surface area (Å²) < 4.78 is 0. The number of anilines is 1. The van der Waals surface area contributed by atoms with Gasteiger partial charge >= 0.3 is 6.03 Å². The molecule has 0 aromatic heterocycles. The van der Waals surface area contributed by atoms with E-state index in [0.717, 1.165) is 30.1 Å². The van der Waals surface area contributed by atoms with Crippen molar-refractivity contribution in [2.45, 2.75) is 26.1 Å². The van der Waals surface area contributed by atoms with Gasteiger partial charge in [-0.1, -0.05) is 42.5 Å². The molecule has 0 radical (unpaired) electrons. The summed E-state index contributed by atoms with van der Waals surface area (Å²) in [6.45, 7) is 7.08. The summed E-state index contributed by atoms with van der Waals surface area (Å²) in [5.41, 5.74) is 9.58. The van der Waals surface area contributed by atoms with Crippen molar-refractivity contribution < 1.29 is 4.79 Å². The molecule has 33 heavy (non-hydrogen) atoms. The number of carbonyl (C=O) groups is 1. The second-order valence-corrected chi connectivity index (χ2v) is 8.68. The van der Waals surface area contributed by atoms with Gasteiger partial charge in [0.15, 0.2) is 0 Å². The van der Waals surface area contributed by atoms with Crippen molar-refractivity contribution in [2.24, 2.45) is 4.99 Å². The van der Waals surface area contributed by atoms with Gasteiger partial charge in [0.25, 0.3) is 0 Å². The van der Waals surface area contributed by atoms with Crippen LogP contribution in [-0.2, 0) is 0 Å². The molecule has 3 aromatic carbocycles. The Labute approximate surface area is 194 Å². The summed E-state index contributed by atoms with van der Waals surface area (Å²) in [5.74, 6) is 0.871. The maximum atomic E-state index is 12.9. The molecule has 5 rings (SSSR count). The van der Waals surface area contributed by atoms with E-state index in [1.54, 1.807) is 0 Å². The van der Waals surface area contributed by atoms with Gasteiger partial charge in [-0.05, 0) is 54.4 Å². The van der Waals surface area contributed by atoms with Gasteiger partial charge in [-0.3, -0.25) is 0 Å². The molecule has 2 amide bonds. The van der Waals surface area contributed by atoms with Crippen LogP contribution in [0, 0.1) is 0 Å². The first-order valence-electron chi connectivity index (χ1n) is 11.6. The van der Waals surface area contributed by atoms with E-state index in [4.69, 9.17) is 0 Å². The molecule has 0 bridgehead atoms. The second-order valence-electron chi connectivity index (χ2n) is 8.68. The predicted molar refractivity (Wildman–Crippen MR) is 133 cm³/mol. The first-order valence-corrected chi connectivity index (χ1v) is 11.6. The first kappa shape index (κ1) is 21.3. The number of benzene rings is 3. The third kappa shape index (κ3) is 4.50. The van der Waals surface area contributed by atoms with E-state index < -0.39 is 0 Å². The Morgan fingerprint density at radius 2 is 1.73 bits per heavy atom. The lowest BCUT2D eigenvalue weighted by Crippen LogP contribution is -2.52. The molecule has 2 atom stereocenters. The Balaban J connectivity index is 1.18. The highest BCUT2D eigenvalue weighted by Gasteiger charge is 2.23. The van der Waals surface area contributed by atoms with E-state index >= 15 is 0 Å². The van der Waals surface area contributed by atoms with Gasteiger partial charge < -0.3 is 20.5 Å². The van der Waals surface area contributed by atoms with Crippen molar-refractivity contribution >= 4 is 28.3 Å². The van der Waals surface area contributed by atoms with Gasteiger partial charge in [0.1, 0.15) is 12.0 Å². The number of carbonyl (C=O) groups excluding carboxylic acids is 1. The van der Waals surface area contributed by atoms with Gasteiger partial charge in [0, 0.05) is 37.4 Å². The van der Waals surface area contributed by atoms with Crippen LogP contribution in [0.4, 0.5) is 10.5 Å². The van der Waals surface area contributed by atoms with Crippen molar-refractivity contribution in [3.05, 3.63) is 77.9 Å². The fourth-order valence-corrected chi connectivity index (χ4v) is 4.56. The van der Waals surface area contributed by atoms with Crippen LogP contribution >= 0.6 is 0 Å². The lowest BCUT2D eigenvalue weighted by molar-refractivity contribution is 0.191. The zero-order valence-corrected chi connectivity index (χ0v) is 19.1. The second kappa shape index (κ2) is 9.11. The zero-order chi connectivity index (χ0) is 22.8. The Bertz CT molecular complexity index is 1160. The molecule has 7 nitrogen and oxygen atoms in total. The van der Waals surface area contributed by atoms with Crippen molar-refractivity contribution in [1.82, 2.24) is 21.1 Å². The number of nitrogens with zero attached hydrogens (tertiary/aromatic N) is 3. The van der Waals surface area contributed by atoms with E-state index in [1.165, 1.54) is 16.5 Å². The first-order chi connectivity index (χ1) is 16.1. The summed E-state index contributed by atoms with van der Waals surface area (Å²) >= 11 is 0. The van der Waals surface area contributed by atoms with Gasteiger partial charge in [-0.2, -0.15) is 0 Å². The molecule has 0 aliphatic carbocycles. The highest BCUT2D eigenvalue weighted by atomic mass is 16.2. The smallest absolute Gasteiger partial charge is 0.317 e. The zero-order valence-electron chi connectivity index (χ0n) is 19.1. The van der Waals surface area contributed by atoms with Gasteiger partial charge in [-0.25, -0.2) is 15.2 Å². The lowest BCUT2D eigenvalue weighted by Gasteiger charge is -2.36. The molecule has 2 heterocycles. The van der Waals surface area contributed by atoms with E-state index in [0.29, 0.717) is 13.1 Å². The summed E-state index contributed by atoms with van der Waals surface area (Å²) in [6.07, 6.45) is 0.0854. The van der Waals surface area contributed by atoms with E-state index in [9.17, 15) is 4.79 Å². The Hall–Kier alpha value is -3.58. The highest BCUT2D eigenvalue weighted by molar-refractivity contribution is 5.99. The topological polar surface area (TPSA) is 72.0 Å². The van der Waals surface area contributed by atoms with Crippen molar-refractivity contribution in [1.29, 1.82) is 0 Å². The van der Waals surface area contributed by atoms with Gasteiger partial charge in [0.2, 0.25) is 0 Å². The summed E-state index contributed by atoms with van der Waals surface area (Å²) in [5, 5.41) is 5.57. The van der Waals surface area contributed by atoms with E-state index in [1.807, 2.05) is 24.0 Å². The van der Waals surface area contributed by atoms with Crippen LogP contribution < -0.4 is 21.1 Å². The molecule has 1 saturated heterocycles. The minimum Gasteiger partial charge on any atom is -0.368 e. The van der Waals surface area contributed by atoms with Crippen LogP contribution in [-0.4, -0.2) is 49.1 Å². The largest absolute Gasteiger partial charge is 0.368 e. The van der Waals surface area contributed by atoms with Crippen LogP contribution in [0.1, 0.15) is 31.0 Å². The van der Waals surface area contributed by atoms with Gasteiger partial charge in [0.05, 0.1) is 6.04 Å². The molecular weight excluding hydrogens is 412 g/mol. The number of piperazine rings is 1. The van der Waals surface area contributed by atoms with Crippen LogP contribution in [0.3, 0.4) is 0 Å². The average Bonchev–Trinajstić information content (AvgIpc) is 3.30. The maximum Gasteiger partial charge on any atom is 0.317 e. The average molecular weight is 443 g/mol. The molecule has 7 heteroatoms. The fraction of sp³-hybridized carbons (Fsp3) is 0.308. The third-order valence-corrected chi connectivity index (χ3v) is 6.42. The SMILES string of the molecule is CC1N=C(c2ccc(N3CCN(C(=O)N[C@@H](C)c4cccc5ccccc45)CC3)cc2)NN1. The summed E-state index contributed by atoms with van der Waals surface area (Å²) in [4.78, 5) is 21.7. The van der Waals surface area contributed by atoms with E-state index in [2.05, 4.69) is 87.6 Å². The third-order valence-electron chi connectivity index (χ3n) is 6.42. The van der Waals surface area contributed by atoms with Crippen molar-refractivity contribution in [3.8, 4) is 0 Å². The van der Waals surface area contributed by atoms with E-state index in [-0.39, 0.29) is 18.2 Å². The van der Waals surface area contributed by atoms with Crippen molar-refractivity contribution in [3.63, 3.8) is 0 Å². The number of nitrogens with one attached hydrogen (secondary N) is 3. The number of rotatable bonds is 4. The molecule has 1 unspecified atom stereocenters. The molecule has 3 aromatic rings. The minimum absolute atomic E-state index is 0.00243. The molecule has 2 aliphatic heterocycles. The molecule has 170 valence electrons. The number of hydrazine groups is 1. The quantitative estimate of drug-likeness (QED) is 0.577. The fourth-order valence-electron chi connectivity index (χ4n) is 4.56. The molecule has 3 N–H and O–H groups in total. The molecule has 2 aliphatic rings. The highest BCUT2D eigenvalue weighted by Crippen LogP contribution is 2.24. The minimum atomic E-state index is -0.0570. The maximum absolute atomic E-state index is 12.9. The number of amides is 2. The van der Waals surface area contributed by atoms with Crippen molar-refractivity contribution in [2.75, 3.05) is 31.1 Å². The summed E-state index contributed by atoms with van der Waals surface area (Å²) in [7, 11) is 0. The predicted octanol–water partition coefficient (Wildman–Crippen LogP) is 3.63. The molecule has 0 saturated carbocycles. The van der Waals surface area contributed by atoms with Gasteiger partial charge in [-0.15, -0.1) is 0 Å². The lowest BCUT2D eigenvalue weighted by atomic mass is 10.00. The number of aliphatic imine (C=N–C) groups is 1. The van der Waals surface area contributed by atoms with Crippen LogP contribution in [0.25, 0.3) is 10.8 Å². The standard InChI is InChI=1S/C26H30N6O/c1-18(23-9-5-7-20-6-3-4-8-24(20)23)27-26(33)32-16-14-31(15-17-32)22-12-10-21(11-13-22)25-28-19(2)29-30-25/h3-13,18-19,29H,14-17H2,1-2H3,(H,27,33)(H,28,30)/t18-,19?/m0/s1. The Morgan fingerprint density at radius 1 is 1.00 bits per heavy atom. The summed E-state index contributed by atoms with van der Waals surface area (Å²) in [6, 6.07) is 22.9. The number of urea groups is 1. The number of hydrogen-bond donors (Lipinski definition) is 3. The normalized spacial score (nSPS) is 19.2. The Morgan fingerprint density at radius 3 is 2.45 bits per heavy atom. The number of fused-ring (bicyclic) bond motifs is 1. The molecule has 0 spiro atoms. The van der Waals surface area contributed by atoms with Crippen LogP contribution in [0.15, 0.2) is 71.7 Å². The van der Waals surface area contributed by atoms with Crippen LogP contribution in [0.5, 0.6) is 0 Å². The monoisotopic (exact) mass is 442 g/mol. The molecular formula is C26H30N6O. The number of amidine groups is 1. The molecule has 1 fully saturated rings. The van der Waals surface area contributed by atoms with Crippen LogP contribution in [0.2, 0.25) is 0 Å².